The van der Waals surface area contributed by atoms with Crippen molar-refractivity contribution in [2.45, 2.75) is 25.4 Å². The molecular weight excluding hydrogens is 198 g/mol. The first-order valence-corrected chi connectivity index (χ1v) is 6.08. The third-order valence-electron chi connectivity index (χ3n) is 2.45. The maximum absolute atomic E-state index is 10.8. The molecule has 5 heteroatoms. The summed E-state index contributed by atoms with van der Waals surface area (Å²) < 4.78 is 0. The monoisotopic (exact) mass is 213 g/mol. The summed E-state index contributed by atoms with van der Waals surface area (Å²) in [5, 5.41) is 3.45. The van der Waals surface area contributed by atoms with Crippen LogP contribution in [0.3, 0.4) is 0 Å². The van der Waals surface area contributed by atoms with Crippen LogP contribution in [0.4, 0.5) is 0 Å². The molecule has 1 aromatic rings. The molecule has 1 fully saturated rings. The van der Waals surface area contributed by atoms with Crippen molar-refractivity contribution < 1.29 is 0 Å². The van der Waals surface area contributed by atoms with Gasteiger partial charge in [0.2, 0.25) is 0 Å². The van der Waals surface area contributed by atoms with E-state index >= 15 is 0 Å². The Bertz CT molecular complexity index is 327. The minimum absolute atomic E-state index is 0.124. The zero-order valence-corrected chi connectivity index (χ0v) is 8.82. The first-order chi connectivity index (χ1) is 6.84. The number of nitrogens with one attached hydrogen (secondary N) is 3. The van der Waals surface area contributed by atoms with Gasteiger partial charge >= 0.3 is 5.69 Å². The maximum Gasteiger partial charge on any atom is 0.323 e. The molecule has 1 saturated heterocycles. The number of thioether (sulfide) groups is 1. The molecule has 1 aliphatic heterocycles. The summed E-state index contributed by atoms with van der Waals surface area (Å²) in [5.74, 6) is 2.50. The summed E-state index contributed by atoms with van der Waals surface area (Å²) in [4.78, 5) is 16.1. The highest BCUT2D eigenvalue weighted by Gasteiger charge is 2.12. The molecule has 0 amide bonds. The molecule has 0 aromatic carbocycles. The van der Waals surface area contributed by atoms with Crippen molar-refractivity contribution >= 4 is 11.8 Å². The second kappa shape index (κ2) is 4.70. The van der Waals surface area contributed by atoms with E-state index in [1.54, 1.807) is 6.20 Å². The third-order valence-corrected chi connectivity index (χ3v) is 3.50. The Balaban J connectivity index is 1.78. The summed E-state index contributed by atoms with van der Waals surface area (Å²) >= 11 is 2.02. The van der Waals surface area contributed by atoms with E-state index < -0.39 is 0 Å². The van der Waals surface area contributed by atoms with Gasteiger partial charge in [-0.15, -0.1) is 0 Å². The minimum Gasteiger partial charge on any atom is -0.313 e. The Morgan fingerprint density at radius 3 is 2.93 bits per heavy atom. The van der Waals surface area contributed by atoms with Gasteiger partial charge in [0, 0.05) is 24.5 Å². The summed E-state index contributed by atoms with van der Waals surface area (Å²) in [6, 6.07) is 0.620. The number of imidazole rings is 1. The van der Waals surface area contributed by atoms with Gasteiger partial charge in [0.1, 0.15) is 0 Å². The smallest absolute Gasteiger partial charge is 0.313 e. The summed E-state index contributed by atoms with van der Waals surface area (Å²) in [6.45, 7) is 0.758. The van der Waals surface area contributed by atoms with Gasteiger partial charge < -0.3 is 15.3 Å². The van der Waals surface area contributed by atoms with Crippen molar-refractivity contribution in [1.82, 2.24) is 15.3 Å². The van der Waals surface area contributed by atoms with Crippen LogP contribution in [0.2, 0.25) is 0 Å². The molecule has 0 spiro atoms. The van der Waals surface area contributed by atoms with Gasteiger partial charge in [-0.2, -0.15) is 11.8 Å². The number of H-pyrrole nitrogens is 2. The van der Waals surface area contributed by atoms with Crippen LogP contribution in [0.15, 0.2) is 11.0 Å². The highest BCUT2D eigenvalue weighted by molar-refractivity contribution is 7.99. The zero-order valence-electron chi connectivity index (χ0n) is 8.01. The molecule has 0 atom stereocenters. The van der Waals surface area contributed by atoms with Crippen LogP contribution in [-0.4, -0.2) is 27.5 Å². The SMILES string of the molecule is O=c1[nH]cc(CNC2CCSCC2)[nH]1. The molecule has 3 N–H and O–H groups in total. The minimum atomic E-state index is -0.124. The van der Waals surface area contributed by atoms with Crippen LogP contribution in [0.1, 0.15) is 18.5 Å². The van der Waals surface area contributed by atoms with E-state index in [0.29, 0.717) is 6.04 Å². The molecule has 0 unspecified atom stereocenters. The number of aromatic amines is 2. The fourth-order valence-electron chi connectivity index (χ4n) is 1.62. The summed E-state index contributed by atoms with van der Waals surface area (Å²) in [6.07, 6.45) is 4.20. The lowest BCUT2D eigenvalue weighted by atomic mass is 10.1. The first kappa shape index (κ1) is 9.86. The van der Waals surface area contributed by atoms with Gasteiger partial charge in [-0.05, 0) is 24.3 Å². The zero-order chi connectivity index (χ0) is 9.80. The molecule has 2 rings (SSSR count). The molecule has 4 nitrogen and oxygen atoms in total. The predicted octanol–water partition coefficient (Wildman–Crippen LogP) is 0.688. The van der Waals surface area contributed by atoms with Crippen LogP contribution in [0.5, 0.6) is 0 Å². The standard InChI is InChI=1S/C9H15N3OS/c13-9-11-6-8(12-9)5-10-7-1-3-14-4-2-7/h6-7,10H,1-5H2,(H2,11,12,13). The number of aromatic nitrogens is 2. The van der Waals surface area contributed by atoms with E-state index in [1.807, 2.05) is 11.8 Å². The lowest BCUT2D eigenvalue weighted by molar-refractivity contribution is 0.479. The average Bonchev–Trinajstić information content (AvgIpc) is 2.63. The summed E-state index contributed by atoms with van der Waals surface area (Å²) in [7, 11) is 0. The predicted molar refractivity (Wildman–Crippen MR) is 58.6 cm³/mol. The van der Waals surface area contributed by atoms with Crippen molar-refractivity contribution in [2.75, 3.05) is 11.5 Å². The quantitative estimate of drug-likeness (QED) is 0.692. The Morgan fingerprint density at radius 2 is 2.29 bits per heavy atom. The number of rotatable bonds is 3. The normalized spacial score (nSPS) is 18.6. The Labute approximate surface area is 86.9 Å². The highest BCUT2D eigenvalue weighted by atomic mass is 32.2. The van der Waals surface area contributed by atoms with Crippen molar-refractivity contribution in [3.05, 3.63) is 22.4 Å². The third kappa shape index (κ3) is 2.65. The van der Waals surface area contributed by atoms with Crippen LogP contribution in [0.25, 0.3) is 0 Å². The molecule has 14 heavy (non-hydrogen) atoms. The van der Waals surface area contributed by atoms with E-state index in [4.69, 9.17) is 0 Å². The van der Waals surface area contributed by atoms with E-state index in [-0.39, 0.29) is 5.69 Å². The van der Waals surface area contributed by atoms with Crippen LogP contribution in [-0.2, 0) is 6.54 Å². The molecule has 78 valence electrons. The van der Waals surface area contributed by atoms with Crippen LogP contribution >= 0.6 is 11.8 Å². The molecule has 0 bridgehead atoms. The molecule has 0 radical (unpaired) electrons. The Morgan fingerprint density at radius 1 is 1.50 bits per heavy atom. The molecule has 1 aromatic heterocycles. The topological polar surface area (TPSA) is 60.7 Å². The van der Waals surface area contributed by atoms with Crippen LogP contribution in [0, 0.1) is 0 Å². The van der Waals surface area contributed by atoms with Crippen LogP contribution < -0.4 is 11.0 Å². The first-order valence-electron chi connectivity index (χ1n) is 4.92. The number of hydrogen-bond acceptors (Lipinski definition) is 3. The van der Waals surface area contributed by atoms with Gasteiger partial charge in [-0.25, -0.2) is 4.79 Å². The van der Waals surface area contributed by atoms with E-state index in [9.17, 15) is 4.79 Å². The molecule has 0 aliphatic carbocycles. The van der Waals surface area contributed by atoms with E-state index in [0.717, 1.165) is 12.2 Å². The largest absolute Gasteiger partial charge is 0.323 e. The Kier molecular flexibility index (Phi) is 3.31. The van der Waals surface area contributed by atoms with E-state index in [1.165, 1.54) is 24.3 Å². The van der Waals surface area contributed by atoms with Gasteiger partial charge in [0.25, 0.3) is 0 Å². The lowest BCUT2D eigenvalue weighted by Crippen LogP contribution is -2.32. The van der Waals surface area contributed by atoms with Gasteiger partial charge in [-0.3, -0.25) is 0 Å². The lowest BCUT2D eigenvalue weighted by Gasteiger charge is -2.22. The average molecular weight is 213 g/mol. The number of hydrogen-bond donors (Lipinski definition) is 3. The van der Waals surface area contributed by atoms with Gasteiger partial charge in [0.05, 0.1) is 0 Å². The Hall–Kier alpha value is -0.680. The van der Waals surface area contributed by atoms with Crippen molar-refractivity contribution in [2.24, 2.45) is 0 Å². The second-order valence-electron chi connectivity index (χ2n) is 3.54. The van der Waals surface area contributed by atoms with E-state index in [2.05, 4.69) is 15.3 Å². The summed E-state index contributed by atoms with van der Waals surface area (Å²) in [5.41, 5.74) is 0.814. The second-order valence-corrected chi connectivity index (χ2v) is 4.76. The molecule has 0 saturated carbocycles. The van der Waals surface area contributed by atoms with Crippen molar-refractivity contribution in [3.8, 4) is 0 Å². The fraction of sp³-hybridized carbons (Fsp3) is 0.667. The van der Waals surface area contributed by atoms with Gasteiger partial charge in [0.15, 0.2) is 0 Å². The van der Waals surface area contributed by atoms with Crippen molar-refractivity contribution in [1.29, 1.82) is 0 Å². The van der Waals surface area contributed by atoms with Gasteiger partial charge in [-0.1, -0.05) is 0 Å². The fourth-order valence-corrected chi connectivity index (χ4v) is 2.73. The molecular formula is C9H15N3OS. The molecule has 2 heterocycles. The maximum atomic E-state index is 10.8. The molecule has 1 aliphatic rings. The van der Waals surface area contributed by atoms with Crippen molar-refractivity contribution in [3.63, 3.8) is 0 Å². The highest BCUT2D eigenvalue weighted by Crippen LogP contribution is 2.16.